The van der Waals surface area contributed by atoms with E-state index in [2.05, 4.69) is 26.9 Å². The zero-order valence-electron chi connectivity index (χ0n) is 12.4. The number of rotatable bonds is 8. The molecular weight excluding hydrogens is 270 g/mol. The van der Waals surface area contributed by atoms with Crippen molar-refractivity contribution in [3.63, 3.8) is 0 Å². The van der Waals surface area contributed by atoms with Crippen molar-refractivity contribution < 1.29 is 5.21 Å². The standard InChI is InChI=1S/C15H25N3OS/c1-15(2,14(16)17-19)7-3-8-18(13-4-5-13)10-12-6-9-20-11-12/h6,9,11,13,19H,3-5,7-8,10H2,1-2H3,(H2,16,17). The lowest BCUT2D eigenvalue weighted by Crippen LogP contribution is -2.33. The minimum Gasteiger partial charge on any atom is -0.409 e. The van der Waals surface area contributed by atoms with Crippen LogP contribution < -0.4 is 5.73 Å². The number of thiophene rings is 1. The molecule has 1 aliphatic carbocycles. The zero-order valence-corrected chi connectivity index (χ0v) is 13.2. The predicted molar refractivity (Wildman–Crippen MR) is 84.2 cm³/mol. The second-order valence-electron chi connectivity index (χ2n) is 6.31. The number of hydrogen-bond acceptors (Lipinski definition) is 4. The lowest BCUT2D eigenvalue weighted by molar-refractivity contribution is 0.238. The van der Waals surface area contributed by atoms with Crippen LogP contribution in [-0.4, -0.2) is 28.5 Å². The predicted octanol–water partition coefficient (Wildman–Crippen LogP) is 3.27. The first-order valence-electron chi connectivity index (χ1n) is 7.26. The molecule has 4 nitrogen and oxygen atoms in total. The van der Waals surface area contributed by atoms with Crippen molar-refractivity contribution in [2.75, 3.05) is 6.54 Å². The summed E-state index contributed by atoms with van der Waals surface area (Å²) in [4.78, 5) is 2.57. The highest BCUT2D eigenvalue weighted by atomic mass is 32.1. The lowest BCUT2D eigenvalue weighted by Gasteiger charge is -2.26. The summed E-state index contributed by atoms with van der Waals surface area (Å²) in [5.41, 5.74) is 6.92. The van der Waals surface area contributed by atoms with Crippen molar-refractivity contribution >= 4 is 17.2 Å². The monoisotopic (exact) mass is 295 g/mol. The molecule has 0 spiro atoms. The van der Waals surface area contributed by atoms with E-state index in [1.807, 2.05) is 13.8 Å². The van der Waals surface area contributed by atoms with E-state index in [1.165, 1.54) is 18.4 Å². The molecule has 2 rings (SSSR count). The van der Waals surface area contributed by atoms with Crippen molar-refractivity contribution in [1.82, 2.24) is 4.90 Å². The molecule has 1 aliphatic rings. The second kappa shape index (κ2) is 6.59. The van der Waals surface area contributed by atoms with Crippen LogP contribution in [0.5, 0.6) is 0 Å². The fraction of sp³-hybridized carbons (Fsp3) is 0.667. The van der Waals surface area contributed by atoms with Gasteiger partial charge < -0.3 is 10.9 Å². The minimum atomic E-state index is -0.230. The maximum atomic E-state index is 8.80. The van der Waals surface area contributed by atoms with Gasteiger partial charge in [-0.15, -0.1) is 0 Å². The molecular formula is C15H25N3OS. The van der Waals surface area contributed by atoms with Crippen molar-refractivity contribution in [2.45, 2.75) is 52.1 Å². The van der Waals surface area contributed by atoms with Crippen molar-refractivity contribution in [3.05, 3.63) is 22.4 Å². The second-order valence-corrected chi connectivity index (χ2v) is 7.09. The molecule has 0 aromatic carbocycles. The number of nitrogens with zero attached hydrogens (tertiary/aromatic N) is 2. The first kappa shape index (κ1) is 15.3. The van der Waals surface area contributed by atoms with Gasteiger partial charge in [0.15, 0.2) is 0 Å². The van der Waals surface area contributed by atoms with Crippen LogP contribution in [0.15, 0.2) is 22.0 Å². The highest BCUT2D eigenvalue weighted by Crippen LogP contribution is 2.30. The largest absolute Gasteiger partial charge is 0.409 e. The summed E-state index contributed by atoms with van der Waals surface area (Å²) >= 11 is 1.76. The number of hydrogen-bond donors (Lipinski definition) is 2. The van der Waals surface area contributed by atoms with Crippen LogP contribution in [0.25, 0.3) is 0 Å². The molecule has 3 N–H and O–H groups in total. The van der Waals surface area contributed by atoms with Gasteiger partial charge in [0.2, 0.25) is 0 Å². The van der Waals surface area contributed by atoms with Crippen molar-refractivity contribution in [1.29, 1.82) is 0 Å². The summed E-state index contributed by atoms with van der Waals surface area (Å²) < 4.78 is 0. The van der Waals surface area contributed by atoms with Gasteiger partial charge >= 0.3 is 0 Å². The average Bonchev–Trinajstić information content (AvgIpc) is 3.14. The molecule has 5 heteroatoms. The number of amidine groups is 1. The van der Waals surface area contributed by atoms with Crippen LogP contribution in [0, 0.1) is 5.41 Å². The minimum absolute atomic E-state index is 0.230. The van der Waals surface area contributed by atoms with Crippen LogP contribution >= 0.6 is 11.3 Å². The third kappa shape index (κ3) is 4.21. The topological polar surface area (TPSA) is 61.8 Å². The summed E-state index contributed by atoms with van der Waals surface area (Å²) in [6.45, 7) is 6.20. The molecule has 1 saturated carbocycles. The molecule has 1 heterocycles. The molecule has 0 atom stereocenters. The molecule has 0 radical (unpaired) electrons. The smallest absolute Gasteiger partial charge is 0.144 e. The fourth-order valence-corrected chi connectivity index (χ4v) is 3.09. The van der Waals surface area contributed by atoms with Crippen LogP contribution in [0.3, 0.4) is 0 Å². The van der Waals surface area contributed by atoms with Gasteiger partial charge in [-0.1, -0.05) is 19.0 Å². The van der Waals surface area contributed by atoms with E-state index in [-0.39, 0.29) is 5.41 Å². The highest BCUT2D eigenvalue weighted by Gasteiger charge is 2.30. The third-order valence-corrected chi connectivity index (χ3v) is 4.81. The first-order valence-corrected chi connectivity index (χ1v) is 8.20. The Hall–Kier alpha value is -1.07. The highest BCUT2D eigenvalue weighted by molar-refractivity contribution is 7.07. The number of nitrogens with two attached hydrogens (primary N) is 1. The SMILES string of the molecule is CC(C)(CCCN(Cc1ccsc1)C1CC1)C(N)=NO. The molecule has 1 aromatic rings. The van der Waals surface area contributed by atoms with Crippen molar-refractivity contribution in [2.24, 2.45) is 16.3 Å². The van der Waals surface area contributed by atoms with E-state index in [1.54, 1.807) is 11.3 Å². The van der Waals surface area contributed by atoms with Crippen LogP contribution in [0.2, 0.25) is 0 Å². The first-order chi connectivity index (χ1) is 9.53. The Labute approximate surface area is 125 Å². The summed E-state index contributed by atoms with van der Waals surface area (Å²) in [7, 11) is 0. The molecule has 0 aliphatic heterocycles. The van der Waals surface area contributed by atoms with E-state index < -0.39 is 0 Å². The molecule has 112 valence electrons. The van der Waals surface area contributed by atoms with Gasteiger partial charge in [0.1, 0.15) is 5.84 Å². The maximum Gasteiger partial charge on any atom is 0.144 e. The molecule has 0 bridgehead atoms. The molecule has 0 amide bonds. The van der Waals surface area contributed by atoms with Gasteiger partial charge in [-0.3, -0.25) is 4.90 Å². The van der Waals surface area contributed by atoms with E-state index in [0.717, 1.165) is 32.0 Å². The Morgan fingerprint density at radius 2 is 2.30 bits per heavy atom. The van der Waals surface area contributed by atoms with Crippen molar-refractivity contribution in [3.8, 4) is 0 Å². The molecule has 0 saturated heterocycles. The average molecular weight is 295 g/mol. The van der Waals surface area contributed by atoms with Gasteiger partial charge in [0.05, 0.1) is 0 Å². The number of oxime groups is 1. The van der Waals surface area contributed by atoms with Gasteiger partial charge in [-0.2, -0.15) is 11.3 Å². The van der Waals surface area contributed by atoms with Gasteiger partial charge in [-0.05, 0) is 54.6 Å². The fourth-order valence-electron chi connectivity index (χ4n) is 2.44. The summed E-state index contributed by atoms with van der Waals surface area (Å²) in [5.74, 6) is 0.327. The molecule has 0 unspecified atom stereocenters. The Morgan fingerprint density at radius 3 is 2.85 bits per heavy atom. The summed E-state index contributed by atoms with van der Waals surface area (Å²) in [6.07, 6.45) is 4.67. The Kier molecular flexibility index (Phi) is 5.05. The quantitative estimate of drug-likeness (QED) is 0.335. The van der Waals surface area contributed by atoms with Gasteiger partial charge in [0.25, 0.3) is 0 Å². The van der Waals surface area contributed by atoms with E-state index in [0.29, 0.717) is 5.84 Å². The van der Waals surface area contributed by atoms with Crippen LogP contribution in [0.4, 0.5) is 0 Å². The Balaban J connectivity index is 1.81. The lowest BCUT2D eigenvalue weighted by atomic mass is 9.86. The third-order valence-electron chi connectivity index (χ3n) is 4.08. The van der Waals surface area contributed by atoms with E-state index in [9.17, 15) is 0 Å². The Bertz CT molecular complexity index is 438. The summed E-state index contributed by atoms with van der Waals surface area (Å²) in [6, 6.07) is 2.97. The van der Waals surface area contributed by atoms with E-state index >= 15 is 0 Å². The van der Waals surface area contributed by atoms with Crippen LogP contribution in [-0.2, 0) is 6.54 Å². The van der Waals surface area contributed by atoms with Crippen LogP contribution in [0.1, 0.15) is 45.1 Å². The van der Waals surface area contributed by atoms with E-state index in [4.69, 9.17) is 10.9 Å². The summed E-state index contributed by atoms with van der Waals surface area (Å²) in [5, 5.41) is 16.3. The zero-order chi connectivity index (χ0) is 14.6. The molecule has 20 heavy (non-hydrogen) atoms. The molecule has 1 aromatic heterocycles. The molecule has 1 fully saturated rings. The normalized spacial score (nSPS) is 16.9. The van der Waals surface area contributed by atoms with Gasteiger partial charge in [0, 0.05) is 18.0 Å². The van der Waals surface area contributed by atoms with Gasteiger partial charge in [-0.25, -0.2) is 0 Å². The Morgan fingerprint density at radius 1 is 1.55 bits per heavy atom. The maximum absolute atomic E-state index is 8.80.